The molecule has 0 saturated carbocycles. The number of alkyl carbamates (subject to hydrolysis) is 1. The van der Waals surface area contributed by atoms with Crippen molar-refractivity contribution in [1.82, 2.24) is 10.2 Å². The van der Waals surface area contributed by atoms with E-state index in [-0.39, 0.29) is 25.5 Å². The van der Waals surface area contributed by atoms with Crippen molar-refractivity contribution in [2.24, 2.45) is 0 Å². The average molecular weight is 426 g/mol. The number of likely N-dealkylation sites (N-methyl/N-ethyl adjacent to an activating group) is 1. The first-order valence-corrected chi connectivity index (χ1v) is 10.0. The summed E-state index contributed by atoms with van der Waals surface area (Å²) in [5.41, 5.74) is 4.44. The molecule has 0 heterocycles. The van der Waals surface area contributed by atoms with E-state index in [2.05, 4.69) is 5.32 Å². The highest BCUT2D eigenvalue weighted by atomic mass is 16.5. The second-order valence-corrected chi connectivity index (χ2v) is 7.58. The summed E-state index contributed by atoms with van der Waals surface area (Å²) >= 11 is 0. The molecule has 0 aliphatic heterocycles. The Morgan fingerprint density at radius 1 is 1.06 bits per heavy atom. The lowest BCUT2D eigenvalue weighted by molar-refractivity contribution is -0.149. The van der Waals surface area contributed by atoms with Crippen LogP contribution in [-0.2, 0) is 14.3 Å². The van der Waals surface area contributed by atoms with Crippen LogP contribution >= 0.6 is 0 Å². The normalized spacial score (nSPS) is 14.2. The first-order chi connectivity index (χ1) is 14.8. The summed E-state index contributed by atoms with van der Waals surface area (Å²) in [6.07, 6.45) is -2.16. The van der Waals surface area contributed by atoms with Crippen molar-refractivity contribution in [2.75, 3.05) is 20.2 Å². The van der Waals surface area contributed by atoms with Crippen LogP contribution in [-0.4, -0.2) is 65.4 Å². The number of hydrogen-bond donors (Lipinski definition) is 3. The number of aliphatic hydroxyl groups is 1. The van der Waals surface area contributed by atoms with Crippen LogP contribution in [0.25, 0.3) is 11.1 Å². The van der Waals surface area contributed by atoms with Gasteiger partial charge in [-0.3, -0.25) is 4.79 Å². The molecular weight excluding hydrogens is 400 g/mol. The fraction of sp³-hybridized carbons (Fsp3) is 0.348. The van der Waals surface area contributed by atoms with Crippen LogP contribution in [0.5, 0.6) is 0 Å². The number of benzene rings is 2. The van der Waals surface area contributed by atoms with Gasteiger partial charge in [-0.05, 0) is 29.2 Å². The van der Waals surface area contributed by atoms with Gasteiger partial charge in [0.05, 0.1) is 12.5 Å². The summed E-state index contributed by atoms with van der Waals surface area (Å²) in [6.45, 7) is 1.34. The lowest BCUT2D eigenvalue weighted by atomic mass is 9.98. The molecule has 3 N–H and O–H groups in total. The van der Waals surface area contributed by atoms with E-state index in [1.807, 2.05) is 48.5 Å². The zero-order chi connectivity index (χ0) is 22.5. The highest BCUT2D eigenvalue weighted by Gasteiger charge is 2.29. The predicted molar refractivity (Wildman–Crippen MR) is 114 cm³/mol. The standard InChI is InChI=1S/C23H26N2O6/c1-14(22(28)29)25(2)21(27)11-15(26)12-24-23(30)31-13-20-18-9-5-3-7-16(18)17-8-4-6-10-19(17)20/h3-10,14-15,20,26H,11-13H2,1-2H3,(H,24,30)(H,28,29)/t14-,15?/m0/s1. The minimum absolute atomic E-state index is 0.0733. The molecule has 0 spiro atoms. The Labute approximate surface area is 180 Å². The molecule has 8 heteroatoms. The van der Waals surface area contributed by atoms with Crippen molar-refractivity contribution in [3.05, 3.63) is 59.7 Å². The summed E-state index contributed by atoms with van der Waals surface area (Å²) in [6, 6.07) is 15.0. The summed E-state index contributed by atoms with van der Waals surface area (Å²) in [7, 11) is 1.35. The molecule has 0 saturated heterocycles. The van der Waals surface area contributed by atoms with E-state index in [0.29, 0.717) is 0 Å². The van der Waals surface area contributed by atoms with Gasteiger partial charge in [0.1, 0.15) is 12.6 Å². The second kappa shape index (κ2) is 9.61. The third-order valence-corrected chi connectivity index (χ3v) is 5.57. The first-order valence-electron chi connectivity index (χ1n) is 10.0. The van der Waals surface area contributed by atoms with Gasteiger partial charge in [-0.25, -0.2) is 9.59 Å². The highest BCUT2D eigenvalue weighted by molar-refractivity contribution is 5.83. The Morgan fingerprint density at radius 3 is 2.16 bits per heavy atom. The number of fused-ring (bicyclic) bond motifs is 3. The molecule has 2 aromatic rings. The number of carboxylic acid groups (broad SMARTS) is 1. The van der Waals surface area contributed by atoms with E-state index in [0.717, 1.165) is 27.2 Å². The van der Waals surface area contributed by atoms with Crippen molar-refractivity contribution in [1.29, 1.82) is 0 Å². The van der Waals surface area contributed by atoms with E-state index < -0.39 is 30.1 Å². The van der Waals surface area contributed by atoms with Crippen molar-refractivity contribution < 1.29 is 29.3 Å². The zero-order valence-corrected chi connectivity index (χ0v) is 17.4. The Balaban J connectivity index is 1.50. The third-order valence-electron chi connectivity index (χ3n) is 5.57. The van der Waals surface area contributed by atoms with E-state index in [4.69, 9.17) is 9.84 Å². The predicted octanol–water partition coefficient (Wildman–Crippen LogP) is 2.21. The molecule has 0 fully saturated rings. The van der Waals surface area contributed by atoms with Crippen LogP contribution in [0.15, 0.2) is 48.5 Å². The zero-order valence-electron chi connectivity index (χ0n) is 17.4. The number of amides is 2. The largest absolute Gasteiger partial charge is 0.480 e. The number of carbonyl (C=O) groups is 3. The van der Waals surface area contributed by atoms with Gasteiger partial charge in [-0.2, -0.15) is 0 Å². The maximum absolute atomic E-state index is 12.1. The molecule has 0 radical (unpaired) electrons. The second-order valence-electron chi connectivity index (χ2n) is 7.58. The Bertz CT molecular complexity index is 931. The molecule has 1 aliphatic rings. The molecule has 0 bridgehead atoms. The van der Waals surface area contributed by atoms with Crippen molar-refractivity contribution >= 4 is 18.0 Å². The van der Waals surface area contributed by atoms with Gasteiger partial charge in [0, 0.05) is 19.5 Å². The van der Waals surface area contributed by atoms with Gasteiger partial charge in [-0.15, -0.1) is 0 Å². The molecule has 31 heavy (non-hydrogen) atoms. The number of aliphatic hydroxyl groups excluding tert-OH is 1. The summed E-state index contributed by atoms with van der Waals surface area (Å²) in [5, 5.41) is 21.4. The molecule has 0 aromatic heterocycles. The molecular formula is C23H26N2O6. The Kier molecular flexibility index (Phi) is 6.91. The van der Waals surface area contributed by atoms with Crippen molar-refractivity contribution in [3.63, 3.8) is 0 Å². The number of nitrogens with one attached hydrogen (secondary N) is 1. The van der Waals surface area contributed by atoms with Crippen LogP contribution in [0.4, 0.5) is 4.79 Å². The van der Waals surface area contributed by atoms with Crippen molar-refractivity contribution in [2.45, 2.75) is 31.4 Å². The van der Waals surface area contributed by atoms with Gasteiger partial charge in [-0.1, -0.05) is 48.5 Å². The number of carbonyl (C=O) groups excluding carboxylic acids is 2. The number of hydrogen-bond acceptors (Lipinski definition) is 5. The molecule has 1 unspecified atom stereocenters. The molecule has 3 rings (SSSR count). The highest BCUT2D eigenvalue weighted by Crippen LogP contribution is 2.44. The van der Waals surface area contributed by atoms with Crippen LogP contribution in [0, 0.1) is 0 Å². The van der Waals surface area contributed by atoms with E-state index >= 15 is 0 Å². The van der Waals surface area contributed by atoms with E-state index in [9.17, 15) is 19.5 Å². The van der Waals surface area contributed by atoms with Crippen molar-refractivity contribution in [3.8, 4) is 11.1 Å². The monoisotopic (exact) mass is 426 g/mol. The van der Waals surface area contributed by atoms with E-state index in [1.54, 1.807) is 0 Å². The SMILES string of the molecule is C[C@@H](C(=O)O)N(C)C(=O)CC(O)CNC(=O)OCC1c2ccccc2-c2ccccc21. The number of aliphatic carboxylic acids is 1. The fourth-order valence-electron chi connectivity index (χ4n) is 3.65. The maximum atomic E-state index is 12.1. The first kappa shape index (κ1) is 22.3. The average Bonchev–Trinajstić information content (AvgIpc) is 3.08. The number of rotatable bonds is 8. The van der Waals surface area contributed by atoms with Gasteiger partial charge in [0.25, 0.3) is 0 Å². The Morgan fingerprint density at radius 2 is 1.61 bits per heavy atom. The van der Waals surface area contributed by atoms with Gasteiger partial charge in [0.15, 0.2) is 0 Å². The summed E-state index contributed by atoms with van der Waals surface area (Å²) in [4.78, 5) is 36.2. The van der Waals surface area contributed by atoms with E-state index in [1.165, 1.54) is 14.0 Å². The maximum Gasteiger partial charge on any atom is 0.407 e. The smallest absolute Gasteiger partial charge is 0.407 e. The number of nitrogens with zero attached hydrogens (tertiary/aromatic N) is 1. The van der Waals surface area contributed by atoms with Gasteiger partial charge < -0.3 is 25.2 Å². The van der Waals surface area contributed by atoms with Gasteiger partial charge >= 0.3 is 12.1 Å². The molecule has 8 nitrogen and oxygen atoms in total. The van der Waals surface area contributed by atoms with Crippen LogP contribution in [0.2, 0.25) is 0 Å². The van der Waals surface area contributed by atoms with Crippen LogP contribution < -0.4 is 5.32 Å². The van der Waals surface area contributed by atoms with Gasteiger partial charge in [0.2, 0.25) is 5.91 Å². The minimum Gasteiger partial charge on any atom is -0.480 e. The quantitative estimate of drug-likeness (QED) is 0.596. The third kappa shape index (κ3) is 5.03. The number of ether oxygens (including phenoxy) is 1. The van der Waals surface area contributed by atoms with Crippen LogP contribution in [0.3, 0.4) is 0 Å². The lowest BCUT2D eigenvalue weighted by Crippen LogP contribution is -2.43. The summed E-state index contributed by atoms with van der Waals surface area (Å²) < 4.78 is 5.38. The lowest BCUT2D eigenvalue weighted by Gasteiger charge is -2.23. The molecule has 2 atom stereocenters. The molecule has 164 valence electrons. The fourth-order valence-corrected chi connectivity index (χ4v) is 3.65. The molecule has 1 aliphatic carbocycles. The Hall–Kier alpha value is -3.39. The molecule has 2 amide bonds. The summed E-state index contributed by atoms with van der Waals surface area (Å²) in [5.74, 6) is -1.74. The molecule has 2 aromatic carbocycles. The van der Waals surface area contributed by atoms with Crippen LogP contribution in [0.1, 0.15) is 30.4 Å². The topological polar surface area (TPSA) is 116 Å². The minimum atomic E-state index is -1.16. The number of carboxylic acids is 1.